The van der Waals surface area contributed by atoms with Crippen molar-refractivity contribution < 1.29 is 19.3 Å². The van der Waals surface area contributed by atoms with Crippen LogP contribution in [-0.2, 0) is 6.61 Å². The van der Waals surface area contributed by atoms with Gasteiger partial charge in [-0.05, 0) is 24.3 Å². The van der Waals surface area contributed by atoms with Crippen LogP contribution in [0.25, 0.3) is 11.3 Å². The van der Waals surface area contributed by atoms with Gasteiger partial charge in [0.2, 0.25) is 5.13 Å². The Hall–Kier alpha value is -3.06. The van der Waals surface area contributed by atoms with E-state index < -0.39 is 0 Å². The fraction of sp³-hybridized carbons (Fsp3) is 0.158. The average Bonchev–Trinajstić information content (AvgIpc) is 3.10. The SMILES string of the molecule is COc1ccc2c(c1)OCc1sc(N=Cc3cccc(OC)c3O)nc1-2. The van der Waals surface area contributed by atoms with E-state index in [1.54, 1.807) is 31.5 Å². The Morgan fingerprint density at radius 1 is 1.23 bits per heavy atom. The third-order valence-corrected chi connectivity index (χ3v) is 4.99. The fourth-order valence-corrected chi connectivity index (χ4v) is 3.56. The molecule has 1 N–H and O–H groups in total. The molecule has 7 heteroatoms. The zero-order valence-electron chi connectivity index (χ0n) is 14.2. The van der Waals surface area contributed by atoms with E-state index in [0.717, 1.165) is 27.6 Å². The molecule has 0 saturated heterocycles. The molecule has 0 aliphatic carbocycles. The van der Waals surface area contributed by atoms with Crippen molar-refractivity contribution >= 4 is 22.7 Å². The highest BCUT2D eigenvalue weighted by Gasteiger charge is 2.22. The summed E-state index contributed by atoms with van der Waals surface area (Å²) in [5.74, 6) is 1.96. The number of phenolic OH excluding ortho intramolecular Hbond substituents is 1. The van der Waals surface area contributed by atoms with Crippen LogP contribution >= 0.6 is 11.3 Å². The second kappa shape index (κ2) is 6.68. The van der Waals surface area contributed by atoms with Crippen molar-refractivity contribution in [3.8, 4) is 34.3 Å². The highest BCUT2D eigenvalue weighted by Crippen LogP contribution is 2.43. The maximum absolute atomic E-state index is 10.1. The molecule has 0 amide bonds. The quantitative estimate of drug-likeness (QED) is 0.700. The first-order valence-corrected chi connectivity index (χ1v) is 8.72. The molecule has 4 rings (SSSR count). The molecule has 2 aromatic carbocycles. The van der Waals surface area contributed by atoms with Crippen LogP contribution in [0.4, 0.5) is 5.13 Å². The zero-order valence-corrected chi connectivity index (χ0v) is 15.0. The molecule has 0 bridgehead atoms. The van der Waals surface area contributed by atoms with Crippen LogP contribution in [-0.4, -0.2) is 30.5 Å². The van der Waals surface area contributed by atoms with Crippen LogP contribution in [0.1, 0.15) is 10.4 Å². The lowest BCUT2D eigenvalue weighted by Gasteiger charge is -2.16. The molecule has 0 fully saturated rings. The Bertz CT molecular complexity index is 997. The summed E-state index contributed by atoms with van der Waals surface area (Å²) >= 11 is 1.47. The van der Waals surface area contributed by atoms with Gasteiger partial charge in [0.15, 0.2) is 11.5 Å². The molecule has 6 nitrogen and oxygen atoms in total. The van der Waals surface area contributed by atoms with E-state index >= 15 is 0 Å². The number of para-hydroxylation sites is 1. The third kappa shape index (κ3) is 2.86. The number of methoxy groups -OCH3 is 2. The van der Waals surface area contributed by atoms with E-state index in [9.17, 15) is 5.11 Å². The van der Waals surface area contributed by atoms with E-state index in [4.69, 9.17) is 14.2 Å². The summed E-state index contributed by atoms with van der Waals surface area (Å²) in [6.45, 7) is 0.451. The predicted octanol–water partition coefficient (Wildman–Crippen LogP) is 4.18. The van der Waals surface area contributed by atoms with E-state index in [-0.39, 0.29) is 5.75 Å². The molecular weight excluding hydrogens is 352 g/mol. The molecule has 0 saturated carbocycles. The number of ether oxygens (including phenoxy) is 3. The Labute approximate surface area is 154 Å². The number of phenols is 1. The average molecular weight is 368 g/mol. The molecule has 26 heavy (non-hydrogen) atoms. The molecule has 0 radical (unpaired) electrons. The van der Waals surface area contributed by atoms with Crippen molar-refractivity contribution in [3.05, 3.63) is 46.8 Å². The molecular formula is C19H16N2O4S. The first-order valence-electron chi connectivity index (χ1n) is 7.90. The van der Waals surface area contributed by atoms with Crippen molar-refractivity contribution in [1.29, 1.82) is 0 Å². The molecule has 0 unspecified atom stereocenters. The summed E-state index contributed by atoms with van der Waals surface area (Å²) in [4.78, 5) is 10.1. The first kappa shape index (κ1) is 16.4. The number of nitrogens with zero attached hydrogens (tertiary/aromatic N) is 2. The lowest BCUT2D eigenvalue weighted by atomic mass is 10.1. The number of rotatable bonds is 4. The number of aliphatic imine (C=N–C) groups is 1. The van der Waals surface area contributed by atoms with Crippen LogP contribution in [0.2, 0.25) is 0 Å². The largest absolute Gasteiger partial charge is 0.504 e. The summed E-state index contributed by atoms with van der Waals surface area (Å²) in [6, 6.07) is 10.9. The van der Waals surface area contributed by atoms with E-state index in [0.29, 0.717) is 23.1 Å². The highest BCUT2D eigenvalue weighted by atomic mass is 32.1. The number of hydrogen-bond acceptors (Lipinski definition) is 7. The maximum Gasteiger partial charge on any atom is 0.210 e. The summed E-state index contributed by atoms with van der Waals surface area (Å²) < 4.78 is 16.1. The van der Waals surface area contributed by atoms with Gasteiger partial charge in [-0.15, -0.1) is 0 Å². The topological polar surface area (TPSA) is 73.2 Å². The van der Waals surface area contributed by atoms with E-state index in [2.05, 4.69) is 9.98 Å². The van der Waals surface area contributed by atoms with Gasteiger partial charge in [-0.25, -0.2) is 9.98 Å². The van der Waals surface area contributed by atoms with Crippen molar-refractivity contribution in [2.45, 2.75) is 6.61 Å². The molecule has 1 aliphatic rings. The molecule has 132 valence electrons. The van der Waals surface area contributed by atoms with Crippen LogP contribution in [0.5, 0.6) is 23.0 Å². The minimum absolute atomic E-state index is 0.0563. The fourth-order valence-electron chi connectivity index (χ4n) is 2.72. The standard InChI is InChI=1S/C19H16N2O4S/c1-23-12-6-7-13-15(8-12)25-10-16-17(13)21-19(26-16)20-9-11-4-3-5-14(24-2)18(11)22/h3-9,22H,10H2,1-2H3. The van der Waals surface area contributed by atoms with Crippen LogP contribution < -0.4 is 14.2 Å². The first-order chi connectivity index (χ1) is 12.7. The molecule has 3 aromatic rings. The van der Waals surface area contributed by atoms with Gasteiger partial charge < -0.3 is 19.3 Å². The second-order valence-electron chi connectivity index (χ2n) is 5.58. The lowest BCUT2D eigenvalue weighted by Crippen LogP contribution is -2.03. The van der Waals surface area contributed by atoms with Crippen LogP contribution in [0.3, 0.4) is 0 Å². The number of fused-ring (bicyclic) bond motifs is 3. The Kier molecular flexibility index (Phi) is 4.22. The van der Waals surface area contributed by atoms with Gasteiger partial charge in [-0.1, -0.05) is 17.4 Å². The van der Waals surface area contributed by atoms with Crippen molar-refractivity contribution in [1.82, 2.24) is 4.98 Å². The maximum atomic E-state index is 10.1. The van der Waals surface area contributed by atoms with Gasteiger partial charge in [0.1, 0.15) is 18.1 Å². The van der Waals surface area contributed by atoms with Crippen LogP contribution in [0, 0.1) is 0 Å². The van der Waals surface area contributed by atoms with Crippen molar-refractivity contribution in [3.63, 3.8) is 0 Å². The Balaban J connectivity index is 1.66. The number of benzene rings is 2. The summed E-state index contributed by atoms with van der Waals surface area (Å²) in [5, 5.41) is 10.7. The van der Waals surface area contributed by atoms with Gasteiger partial charge in [0.05, 0.1) is 24.8 Å². The number of aromatic nitrogens is 1. The third-order valence-electron chi connectivity index (χ3n) is 4.05. The molecule has 0 atom stereocenters. The minimum atomic E-state index is 0.0563. The summed E-state index contributed by atoms with van der Waals surface area (Å²) in [7, 11) is 3.14. The van der Waals surface area contributed by atoms with Gasteiger partial charge in [-0.2, -0.15) is 0 Å². The highest BCUT2D eigenvalue weighted by molar-refractivity contribution is 7.15. The summed E-state index contributed by atoms with van der Waals surface area (Å²) in [6.07, 6.45) is 1.58. The number of aromatic hydroxyl groups is 1. The molecule has 0 spiro atoms. The minimum Gasteiger partial charge on any atom is -0.504 e. The predicted molar refractivity (Wildman–Crippen MR) is 100 cm³/mol. The van der Waals surface area contributed by atoms with Crippen LogP contribution in [0.15, 0.2) is 41.4 Å². The van der Waals surface area contributed by atoms with Crippen molar-refractivity contribution in [2.75, 3.05) is 14.2 Å². The van der Waals surface area contributed by atoms with Crippen molar-refractivity contribution in [2.24, 2.45) is 4.99 Å². The Morgan fingerprint density at radius 3 is 2.92 bits per heavy atom. The van der Waals surface area contributed by atoms with Gasteiger partial charge in [0.25, 0.3) is 0 Å². The number of thiazole rings is 1. The monoisotopic (exact) mass is 368 g/mol. The van der Waals surface area contributed by atoms with Gasteiger partial charge >= 0.3 is 0 Å². The van der Waals surface area contributed by atoms with E-state index in [1.807, 2.05) is 18.2 Å². The van der Waals surface area contributed by atoms with Gasteiger partial charge in [0, 0.05) is 23.4 Å². The molecule has 2 heterocycles. The zero-order chi connectivity index (χ0) is 18.1. The second-order valence-corrected chi connectivity index (χ2v) is 6.64. The molecule has 1 aliphatic heterocycles. The smallest absolute Gasteiger partial charge is 0.210 e. The molecule has 1 aromatic heterocycles. The number of hydrogen-bond donors (Lipinski definition) is 1. The Morgan fingerprint density at radius 2 is 2.12 bits per heavy atom. The lowest BCUT2D eigenvalue weighted by molar-refractivity contribution is 0.303. The normalized spacial score (nSPS) is 12.4. The van der Waals surface area contributed by atoms with E-state index in [1.165, 1.54) is 18.4 Å². The van der Waals surface area contributed by atoms with Gasteiger partial charge in [-0.3, -0.25) is 0 Å². The summed E-state index contributed by atoms with van der Waals surface area (Å²) in [5.41, 5.74) is 2.37.